The summed E-state index contributed by atoms with van der Waals surface area (Å²) in [5.41, 5.74) is 13.5. The molecule has 0 fully saturated rings. The minimum atomic E-state index is -0.460. The van der Waals surface area contributed by atoms with Crippen LogP contribution in [0.4, 0.5) is 11.4 Å². The highest BCUT2D eigenvalue weighted by Crippen LogP contribution is 2.35. The molecule has 5 heteroatoms. The molecule has 0 saturated carbocycles. The van der Waals surface area contributed by atoms with Crippen molar-refractivity contribution in [1.29, 1.82) is 0 Å². The van der Waals surface area contributed by atoms with Crippen LogP contribution < -0.4 is 11.5 Å². The van der Waals surface area contributed by atoms with Crippen LogP contribution in [0.1, 0.15) is 5.56 Å². The largest absolute Gasteiger partial charge is 0.393 e. The van der Waals surface area contributed by atoms with E-state index >= 15 is 0 Å². The molecular formula is C13H13N3O2. The molecule has 4 N–H and O–H groups in total. The van der Waals surface area contributed by atoms with Crippen LogP contribution in [0.5, 0.6) is 0 Å². The van der Waals surface area contributed by atoms with Gasteiger partial charge in [-0.2, -0.15) is 0 Å². The maximum atomic E-state index is 11.1. The molecule has 0 aliphatic rings. The highest BCUT2D eigenvalue weighted by molar-refractivity contribution is 5.82. The summed E-state index contributed by atoms with van der Waals surface area (Å²) >= 11 is 0. The van der Waals surface area contributed by atoms with Crippen LogP contribution in [-0.2, 0) is 6.54 Å². The number of hydrogen-bond donors (Lipinski definition) is 2. The van der Waals surface area contributed by atoms with Gasteiger partial charge in [-0.3, -0.25) is 10.1 Å². The first-order chi connectivity index (χ1) is 8.65. The Morgan fingerprint density at radius 3 is 2.39 bits per heavy atom. The van der Waals surface area contributed by atoms with Crippen LogP contribution in [0.2, 0.25) is 0 Å². The molecular weight excluding hydrogens is 230 g/mol. The summed E-state index contributed by atoms with van der Waals surface area (Å²) < 4.78 is 0. The molecule has 0 aliphatic heterocycles. The van der Waals surface area contributed by atoms with Crippen LogP contribution in [0.15, 0.2) is 42.5 Å². The summed E-state index contributed by atoms with van der Waals surface area (Å²) in [5.74, 6) is 0. The van der Waals surface area contributed by atoms with E-state index in [0.29, 0.717) is 12.1 Å². The fourth-order valence-electron chi connectivity index (χ4n) is 1.94. The van der Waals surface area contributed by atoms with E-state index in [1.807, 2.05) is 24.3 Å². The standard InChI is InChI=1S/C13H13N3O2/c14-8-9-4-1-2-5-10(9)11-6-3-7-12(15)13(11)16(17)18/h1-7H,8,14-15H2. The van der Waals surface area contributed by atoms with E-state index < -0.39 is 4.92 Å². The number of anilines is 1. The Morgan fingerprint density at radius 1 is 1.06 bits per heavy atom. The van der Waals surface area contributed by atoms with Crippen molar-refractivity contribution >= 4 is 11.4 Å². The predicted octanol–water partition coefficient (Wildman–Crippen LogP) is 2.30. The zero-order valence-corrected chi connectivity index (χ0v) is 9.67. The normalized spacial score (nSPS) is 10.3. The third-order valence-corrected chi connectivity index (χ3v) is 2.78. The Morgan fingerprint density at radius 2 is 1.72 bits per heavy atom. The molecule has 2 aromatic rings. The van der Waals surface area contributed by atoms with Crippen molar-refractivity contribution in [3.05, 3.63) is 58.1 Å². The Kier molecular flexibility index (Phi) is 3.25. The van der Waals surface area contributed by atoms with Crippen molar-refractivity contribution in [1.82, 2.24) is 0 Å². The summed E-state index contributed by atoms with van der Waals surface area (Å²) in [6, 6.07) is 12.2. The van der Waals surface area contributed by atoms with E-state index in [0.717, 1.165) is 11.1 Å². The highest BCUT2D eigenvalue weighted by Gasteiger charge is 2.20. The molecule has 0 aromatic heterocycles. The minimum Gasteiger partial charge on any atom is -0.393 e. The van der Waals surface area contributed by atoms with Gasteiger partial charge < -0.3 is 11.5 Å². The summed E-state index contributed by atoms with van der Waals surface area (Å²) in [6.07, 6.45) is 0. The fraction of sp³-hybridized carbons (Fsp3) is 0.0769. The average Bonchev–Trinajstić information content (AvgIpc) is 2.38. The van der Waals surface area contributed by atoms with Crippen molar-refractivity contribution in [2.75, 3.05) is 5.73 Å². The summed E-state index contributed by atoms with van der Waals surface area (Å²) in [5, 5.41) is 11.1. The summed E-state index contributed by atoms with van der Waals surface area (Å²) in [6.45, 7) is 0.322. The van der Waals surface area contributed by atoms with E-state index in [2.05, 4.69) is 0 Å². The molecule has 0 heterocycles. The lowest BCUT2D eigenvalue weighted by atomic mass is 9.97. The summed E-state index contributed by atoms with van der Waals surface area (Å²) in [4.78, 5) is 10.6. The van der Waals surface area contributed by atoms with Crippen molar-refractivity contribution in [3.63, 3.8) is 0 Å². The summed E-state index contributed by atoms with van der Waals surface area (Å²) in [7, 11) is 0. The number of nitro benzene ring substituents is 1. The van der Waals surface area contributed by atoms with E-state index in [9.17, 15) is 10.1 Å². The first-order valence-electron chi connectivity index (χ1n) is 5.46. The van der Waals surface area contributed by atoms with Crippen molar-refractivity contribution in [3.8, 4) is 11.1 Å². The molecule has 0 radical (unpaired) electrons. The topological polar surface area (TPSA) is 95.2 Å². The van der Waals surface area contributed by atoms with Crippen LogP contribution >= 0.6 is 0 Å². The Balaban J connectivity index is 2.71. The molecule has 0 spiro atoms. The first kappa shape index (κ1) is 12.1. The number of rotatable bonds is 3. The molecule has 18 heavy (non-hydrogen) atoms. The van der Waals surface area contributed by atoms with Gasteiger partial charge in [0, 0.05) is 6.54 Å². The maximum absolute atomic E-state index is 11.1. The highest BCUT2D eigenvalue weighted by atomic mass is 16.6. The number of nitro groups is 1. The second kappa shape index (κ2) is 4.85. The molecule has 5 nitrogen and oxygen atoms in total. The van der Waals surface area contributed by atoms with Gasteiger partial charge in [-0.1, -0.05) is 30.3 Å². The first-order valence-corrected chi connectivity index (χ1v) is 5.46. The SMILES string of the molecule is NCc1ccccc1-c1cccc(N)c1[N+](=O)[O-]. The Hall–Kier alpha value is -2.40. The van der Waals surface area contributed by atoms with Crippen LogP contribution in [0, 0.1) is 10.1 Å². The van der Waals surface area contributed by atoms with Crippen LogP contribution in [0.25, 0.3) is 11.1 Å². The van der Waals surface area contributed by atoms with Crippen molar-refractivity contribution < 1.29 is 4.92 Å². The van der Waals surface area contributed by atoms with Gasteiger partial charge in [0.25, 0.3) is 5.69 Å². The second-order valence-corrected chi connectivity index (χ2v) is 3.86. The van der Waals surface area contributed by atoms with E-state index in [4.69, 9.17) is 11.5 Å². The number of nitrogen functional groups attached to an aromatic ring is 1. The number of benzene rings is 2. The van der Waals surface area contributed by atoms with Crippen molar-refractivity contribution in [2.45, 2.75) is 6.54 Å². The van der Waals surface area contributed by atoms with Gasteiger partial charge in [-0.15, -0.1) is 0 Å². The third-order valence-electron chi connectivity index (χ3n) is 2.78. The molecule has 0 unspecified atom stereocenters. The van der Waals surface area contributed by atoms with Gasteiger partial charge in [0.1, 0.15) is 5.69 Å². The molecule has 0 amide bonds. The molecule has 2 aromatic carbocycles. The lowest BCUT2D eigenvalue weighted by molar-refractivity contribution is -0.383. The van der Waals surface area contributed by atoms with Gasteiger partial charge >= 0.3 is 0 Å². The number of nitrogens with zero attached hydrogens (tertiary/aromatic N) is 1. The van der Waals surface area contributed by atoms with Gasteiger partial charge in [0.2, 0.25) is 0 Å². The Bertz CT molecular complexity index is 597. The lowest BCUT2D eigenvalue weighted by Crippen LogP contribution is -2.02. The average molecular weight is 243 g/mol. The van der Waals surface area contributed by atoms with E-state index in [-0.39, 0.29) is 11.4 Å². The quantitative estimate of drug-likeness (QED) is 0.491. The molecule has 0 atom stereocenters. The molecule has 0 saturated heterocycles. The molecule has 0 aliphatic carbocycles. The molecule has 92 valence electrons. The number of para-hydroxylation sites is 1. The van der Waals surface area contributed by atoms with Crippen LogP contribution in [-0.4, -0.2) is 4.92 Å². The van der Waals surface area contributed by atoms with Crippen LogP contribution in [0.3, 0.4) is 0 Å². The minimum absolute atomic E-state index is 0.0709. The monoisotopic (exact) mass is 243 g/mol. The van der Waals surface area contributed by atoms with E-state index in [1.165, 1.54) is 6.07 Å². The smallest absolute Gasteiger partial charge is 0.299 e. The zero-order valence-electron chi connectivity index (χ0n) is 9.67. The lowest BCUT2D eigenvalue weighted by Gasteiger charge is -2.09. The van der Waals surface area contributed by atoms with E-state index in [1.54, 1.807) is 12.1 Å². The maximum Gasteiger partial charge on any atom is 0.299 e. The van der Waals surface area contributed by atoms with Gasteiger partial charge in [0.15, 0.2) is 0 Å². The van der Waals surface area contributed by atoms with Gasteiger partial charge in [-0.05, 0) is 23.3 Å². The van der Waals surface area contributed by atoms with Gasteiger partial charge in [-0.25, -0.2) is 0 Å². The third kappa shape index (κ3) is 2.03. The Labute approximate surface area is 104 Å². The van der Waals surface area contributed by atoms with Crippen molar-refractivity contribution in [2.24, 2.45) is 5.73 Å². The molecule has 0 bridgehead atoms. The predicted molar refractivity (Wildman–Crippen MR) is 70.8 cm³/mol. The molecule has 2 rings (SSSR count). The number of nitrogens with two attached hydrogens (primary N) is 2. The van der Waals surface area contributed by atoms with Gasteiger partial charge in [0.05, 0.1) is 10.5 Å². The fourth-order valence-corrected chi connectivity index (χ4v) is 1.94. The zero-order chi connectivity index (χ0) is 13.1. The number of hydrogen-bond acceptors (Lipinski definition) is 4. The second-order valence-electron chi connectivity index (χ2n) is 3.86.